The summed E-state index contributed by atoms with van der Waals surface area (Å²) in [6.07, 6.45) is 2.95. The van der Waals surface area contributed by atoms with Crippen LogP contribution in [0.5, 0.6) is 0 Å². The Morgan fingerprint density at radius 2 is 1.87 bits per heavy atom. The Hall–Kier alpha value is -2.32. The van der Waals surface area contributed by atoms with Crippen LogP contribution in [-0.2, 0) is 17.6 Å². The number of amides is 1. The molecule has 5 heteroatoms. The second-order valence-corrected chi connectivity index (χ2v) is 5.97. The highest BCUT2D eigenvalue weighted by Gasteiger charge is 2.17. The van der Waals surface area contributed by atoms with Crippen LogP contribution in [0.1, 0.15) is 38.8 Å². The lowest BCUT2D eigenvalue weighted by Gasteiger charge is -2.22. The maximum Gasteiger partial charge on any atom is 0.267 e. The van der Waals surface area contributed by atoms with E-state index in [1.165, 1.54) is 6.20 Å². The monoisotopic (exact) mass is 315 g/mol. The number of aliphatic hydroxyl groups excluding tert-OH is 1. The maximum absolute atomic E-state index is 12.4. The Labute approximate surface area is 138 Å². The number of aryl methyl sites for hydroxylation is 2. The zero-order chi connectivity index (χ0) is 17.5. The Kier molecular flexibility index (Phi) is 6.80. The Morgan fingerprint density at radius 3 is 2.30 bits per heavy atom. The number of hydrogen-bond acceptors (Lipinski definition) is 4. The molecule has 3 N–H and O–H groups in total. The van der Waals surface area contributed by atoms with E-state index in [2.05, 4.69) is 10.6 Å². The first-order chi connectivity index (χ1) is 10.9. The Balaban J connectivity index is 3.02. The average Bonchev–Trinajstić information content (AvgIpc) is 2.55. The van der Waals surface area contributed by atoms with Crippen LogP contribution in [0.2, 0.25) is 0 Å². The molecule has 0 atom stereocenters. The first-order valence-corrected chi connectivity index (χ1v) is 7.79. The summed E-state index contributed by atoms with van der Waals surface area (Å²) in [6.45, 7) is 7.49. The number of aliphatic hydroxyl groups is 1. The number of anilines is 1. The molecule has 0 fully saturated rings. The van der Waals surface area contributed by atoms with Crippen molar-refractivity contribution in [3.8, 4) is 6.07 Å². The van der Waals surface area contributed by atoms with E-state index >= 15 is 0 Å². The first-order valence-electron chi connectivity index (χ1n) is 7.79. The van der Waals surface area contributed by atoms with E-state index in [9.17, 15) is 15.2 Å². The second kappa shape index (κ2) is 8.35. The standard InChI is InChI=1S/C18H25N3O2/c1-5-13-8-7-9-14(6-2)16(13)21-17(23)15(10-19)11-20-18(3,4)12-22/h7-9,11,20,22H,5-6,12H2,1-4H3,(H,21,23)/b15-11-. The summed E-state index contributed by atoms with van der Waals surface area (Å²) < 4.78 is 0. The summed E-state index contributed by atoms with van der Waals surface area (Å²) in [5, 5.41) is 24.2. The largest absolute Gasteiger partial charge is 0.394 e. The first kappa shape index (κ1) is 18.7. The van der Waals surface area contributed by atoms with Crippen LogP contribution in [-0.4, -0.2) is 23.2 Å². The molecule has 1 aromatic carbocycles. The molecular weight excluding hydrogens is 290 g/mol. The zero-order valence-corrected chi connectivity index (χ0v) is 14.2. The van der Waals surface area contributed by atoms with Crippen LogP contribution in [0.3, 0.4) is 0 Å². The van der Waals surface area contributed by atoms with E-state index in [1.54, 1.807) is 13.8 Å². The van der Waals surface area contributed by atoms with E-state index in [4.69, 9.17) is 0 Å². The van der Waals surface area contributed by atoms with Crippen molar-refractivity contribution in [3.63, 3.8) is 0 Å². The van der Waals surface area contributed by atoms with Crippen LogP contribution < -0.4 is 10.6 Å². The molecule has 0 unspecified atom stereocenters. The molecular formula is C18H25N3O2. The lowest BCUT2D eigenvalue weighted by Crippen LogP contribution is -2.39. The van der Waals surface area contributed by atoms with Gasteiger partial charge in [0, 0.05) is 11.9 Å². The molecule has 0 aromatic heterocycles. The fraction of sp³-hybridized carbons (Fsp3) is 0.444. The van der Waals surface area contributed by atoms with Gasteiger partial charge in [-0.15, -0.1) is 0 Å². The minimum absolute atomic E-state index is 0.0283. The predicted octanol–water partition coefficient (Wildman–Crippen LogP) is 2.52. The zero-order valence-electron chi connectivity index (χ0n) is 14.2. The minimum atomic E-state index is -0.599. The van der Waals surface area contributed by atoms with Crippen LogP contribution >= 0.6 is 0 Å². The van der Waals surface area contributed by atoms with Crippen molar-refractivity contribution in [2.75, 3.05) is 11.9 Å². The van der Waals surface area contributed by atoms with Gasteiger partial charge in [-0.3, -0.25) is 4.79 Å². The second-order valence-electron chi connectivity index (χ2n) is 5.97. The van der Waals surface area contributed by atoms with Crippen molar-refractivity contribution in [3.05, 3.63) is 41.1 Å². The molecule has 5 nitrogen and oxygen atoms in total. The molecule has 0 aliphatic rings. The number of carbonyl (C=O) groups is 1. The summed E-state index contributed by atoms with van der Waals surface area (Å²) in [4.78, 5) is 12.4. The molecule has 0 aliphatic carbocycles. The number of hydrogen-bond donors (Lipinski definition) is 3. The number of para-hydroxylation sites is 1. The molecule has 0 aliphatic heterocycles. The summed E-state index contributed by atoms with van der Waals surface area (Å²) in [5.74, 6) is -0.454. The molecule has 1 aromatic rings. The molecule has 23 heavy (non-hydrogen) atoms. The third kappa shape index (κ3) is 5.11. The summed E-state index contributed by atoms with van der Waals surface area (Å²) in [7, 11) is 0. The van der Waals surface area contributed by atoms with Gasteiger partial charge < -0.3 is 15.7 Å². The summed E-state index contributed by atoms with van der Waals surface area (Å²) in [5.41, 5.74) is 2.24. The van der Waals surface area contributed by atoms with E-state index in [0.29, 0.717) is 0 Å². The smallest absolute Gasteiger partial charge is 0.267 e. The van der Waals surface area contributed by atoms with Gasteiger partial charge in [-0.1, -0.05) is 32.0 Å². The highest BCUT2D eigenvalue weighted by molar-refractivity contribution is 6.07. The summed E-state index contributed by atoms with van der Waals surface area (Å²) in [6, 6.07) is 7.81. The summed E-state index contributed by atoms with van der Waals surface area (Å²) >= 11 is 0. The van der Waals surface area contributed by atoms with Crippen molar-refractivity contribution in [2.24, 2.45) is 0 Å². The van der Waals surface area contributed by atoms with Gasteiger partial charge in [0.25, 0.3) is 5.91 Å². The molecule has 0 saturated heterocycles. The number of nitriles is 1. The number of benzene rings is 1. The lowest BCUT2D eigenvalue weighted by molar-refractivity contribution is -0.112. The normalized spacial score (nSPS) is 11.7. The molecule has 0 bridgehead atoms. The minimum Gasteiger partial charge on any atom is -0.394 e. The third-order valence-electron chi connectivity index (χ3n) is 3.60. The molecule has 124 valence electrons. The molecule has 1 amide bonds. The van der Waals surface area contributed by atoms with E-state index in [-0.39, 0.29) is 12.2 Å². The fourth-order valence-electron chi connectivity index (χ4n) is 2.05. The quantitative estimate of drug-likeness (QED) is 0.533. The van der Waals surface area contributed by atoms with Gasteiger partial charge in [0.05, 0.1) is 12.1 Å². The SMILES string of the molecule is CCc1cccc(CC)c1NC(=O)/C(C#N)=C\NC(C)(C)CO. The van der Waals surface area contributed by atoms with Crippen LogP contribution in [0.15, 0.2) is 30.0 Å². The molecule has 0 saturated carbocycles. The van der Waals surface area contributed by atoms with Gasteiger partial charge in [0.2, 0.25) is 0 Å². The van der Waals surface area contributed by atoms with Crippen molar-refractivity contribution in [2.45, 2.75) is 46.1 Å². The highest BCUT2D eigenvalue weighted by Crippen LogP contribution is 2.23. The Morgan fingerprint density at radius 1 is 1.30 bits per heavy atom. The van der Waals surface area contributed by atoms with Crippen LogP contribution in [0.25, 0.3) is 0 Å². The topological polar surface area (TPSA) is 85.2 Å². The van der Waals surface area contributed by atoms with Crippen molar-refractivity contribution in [1.82, 2.24) is 5.32 Å². The lowest BCUT2D eigenvalue weighted by atomic mass is 10.0. The van der Waals surface area contributed by atoms with E-state index < -0.39 is 11.4 Å². The number of nitrogens with zero attached hydrogens (tertiary/aromatic N) is 1. The number of rotatable bonds is 7. The van der Waals surface area contributed by atoms with Gasteiger partial charge in [-0.05, 0) is 37.8 Å². The van der Waals surface area contributed by atoms with Gasteiger partial charge in [0.1, 0.15) is 11.6 Å². The van der Waals surface area contributed by atoms with Gasteiger partial charge in [0.15, 0.2) is 0 Å². The van der Waals surface area contributed by atoms with Gasteiger partial charge in [-0.2, -0.15) is 5.26 Å². The van der Waals surface area contributed by atoms with Crippen LogP contribution in [0, 0.1) is 11.3 Å². The van der Waals surface area contributed by atoms with Crippen molar-refractivity contribution >= 4 is 11.6 Å². The third-order valence-corrected chi connectivity index (χ3v) is 3.60. The van der Waals surface area contributed by atoms with E-state index in [1.807, 2.05) is 38.1 Å². The van der Waals surface area contributed by atoms with E-state index in [0.717, 1.165) is 29.7 Å². The van der Waals surface area contributed by atoms with Crippen molar-refractivity contribution < 1.29 is 9.90 Å². The van der Waals surface area contributed by atoms with Crippen LogP contribution in [0.4, 0.5) is 5.69 Å². The number of nitrogens with one attached hydrogen (secondary N) is 2. The molecule has 0 radical (unpaired) electrons. The Bertz CT molecular complexity index is 605. The maximum atomic E-state index is 12.4. The predicted molar refractivity (Wildman–Crippen MR) is 91.8 cm³/mol. The highest BCUT2D eigenvalue weighted by atomic mass is 16.3. The van der Waals surface area contributed by atoms with Crippen molar-refractivity contribution in [1.29, 1.82) is 5.26 Å². The van der Waals surface area contributed by atoms with Gasteiger partial charge >= 0.3 is 0 Å². The number of carbonyl (C=O) groups excluding carboxylic acids is 1. The average molecular weight is 315 g/mol. The molecule has 1 rings (SSSR count). The molecule has 0 spiro atoms. The van der Waals surface area contributed by atoms with Gasteiger partial charge in [-0.25, -0.2) is 0 Å². The fourth-order valence-corrected chi connectivity index (χ4v) is 2.05. The molecule has 0 heterocycles.